The average Bonchev–Trinajstić information content (AvgIpc) is 2.54. The van der Waals surface area contributed by atoms with Crippen LogP contribution in [0, 0.1) is 5.82 Å². The molecule has 2 rings (SSSR count). The lowest BCUT2D eigenvalue weighted by Gasteiger charge is -2.12. The van der Waals surface area contributed by atoms with E-state index in [1.807, 2.05) is 0 Å². The molecule has 0 spiro atoms. The summed E-state index contributed by atoms with van der Waals surface area (Å²) in [6, 6.07) is 12.2. The second-order valence-corrected chi connectivity index (χ2v) is 5.40. The van der Waals surface area contributed by atoms with Crippen molar-refractivity contribution >= 4 is 35.2 Å². The molecular weight excluding hydrogens is 333 g/mol. The zero-order valence-corrected chi connectivity index (χ0v) is 13.6. The monoisotopic (exact) mass is 347 g/mol. The van der Waals surface area contributed by atoms with Crippen molar-refractivity contribution in [2.24, 2.45) is 0 Å². The summed E-state index contributed by atoms with van der Waals surface area (Å²) >= 11 is 5.83. The highest BCUT2D eigenvalue weighted by Crippen LogP contribution is 2.15. The van der Waals surface area contributed by atoms with E-state index in [4.69, 9.17) is 16.3 Å². The molecule has 0 fully saturated rings. The Bertz CT molecular complexity index is 759. The van der Waals surface area contributed by atoms with Crippen molar-refractivity contribution in [1.29, 1.82) is 0 Å². The Morgan fingerprint density at radius 1 is 1.21 bits per heavy atom. The van der Waals surface area contributed by atoms with E-state index in [2.05, 4.69) is 5.32 Å². The maximum Gasteiger partial charge on any atom is 0.331 e. The number of amides is 1. The van der Waals surface area contributed by atoms with Crippen molar-refractivity contribution < 1.29 is 18.7 Å². The van der Waals surface area contributed by atoms with Gasteiger partial charge in [0, 0.05) is 16.8 Å². The van der Waals surface area contributed by atoms with E-state index in [0.29, 0.717) is 16.3 Å². The molecule has 0 saturated heterocycles. The lowest BCUT2D eigenvalue weighted by molar-refractivity contribution is -0.148. The molecule has 4 nitrogen and oxygen atoms in total. The number of carbonyl (C=O) groups excluding carboxylic acids is 2. The van der Waals surface area contributed by atoms with Gasteiger partial charge in [-0.1, -0.05) is 29.8 Å². The Hall–Kier alpha value is -2.66. The minimum absolute atomic E-state index is 0.360. The fourth-order valence-corrected chi connectivity index (χ4v) is 2.01. The van der Waals surface area contributed by atoms with Crippen molar-refractivity contribution in [3.8, 4) is 0 Å². The molecule has 0 heterocycles. The molecule has 2 aromatic rings. The normalized spacial score (nSPS) is 12.0. The molecule has 2 aromatic carbocycles. The molecule has 1 N–H and O–H groups in total. The summed E-state index contributed by atoms with van der Waals surface area (Å²) in [6.45, 7) is 1.46. The highest BCUT2D eigenvalue weighted by molar-refractivity contribution is 6.30. The van der Waals surface area contributed by atoms with Gasteiger partial charge in [-0.25, -0.2) is 9.18 Å². The number of carbonyl (C=O) groups is 2. The van der Waals surface area contributed by atoms with Gasteiger partial charge in [-0.2, -0.15) is 0 Å². The maximum absolute atomic E-state index is 12.8. The summed E-state index contributed by atoms with van der Waals surface area (Å²) in [7, 11) is 0. The molecular formula is C18H15ClFNO3. The molecule has 1 atom stereocenters. The highest BCUT2D eigenvalue weighted by Gasteiger charge is 2.16. The average molecular weight is 348 g/mol. The number of hydrogen-bond donors (Lipinski definition) is 1. The molecule has 0 radical (unpaired) electrons. The predicted molar refractivity (Wildman–Crippen MR) is 91.1 cm³/mol. The molecule has 0 aliphatic carbocycles. The van der Waals surface area contributed by atoms with E-state index in [1.54, 1.807) is 24.3 Å². The molecule has 6 heteroatoms. The van der Waals surface area contributed by atoms with Gasteiger partial charge in [0.15, 0.2) is 6.10 Å². The van der Waals surface area contributed by atoms with Crippen LogP contribution in [0.15, 0.2) is 54.6 Å². The number of rotatable bonds is 5. The summed E-state index contributed by atoms with van der Waals surface area (Å²) in [5.41, 5.74) is 1.15. The van der Waals surface area contributed by atoms with E-state index in [-0.39, 0.29) is 5.82 Å². The van der Waals surface area contributed by atoms with Gasteiger partial charge >= 0.3 is 5.97 Å². The number of esters is 1. The second-order valence-electron chi connectivity index (χ2n) is 4.96. The summed E-state index contributed by atoms with van der Waals surface area (Å²) in [5.74, 6) is -1.50. The van der Waals surface area contributed by atoms with Crippen molar-refractivity contribution in [3.63, 3.8) is 0 Å². The van der Waals surface area contributed by atoms with Crippen LogP contribution < -0.4 is 5.32 Å². The van der Waals surface area contributed by atoms with Crippen molar-refractivity contribution in [2.45, 2.75) is 13.0 Å². The third kappa shape index (κ3) is 5.52. The quantitative estimate of drug-likeness (QED) is 0.655. The summed E-state index contributed by atoms with van der Waals surface area (Å²) in [5, 5.41) is 3.09. The van der Waals surface area contributed by atoms with Crippen LogP contribution in [0.3, 0.4) is 0 Å². The number of hydrogen-bond acceptors (Lipinski definition) is 3. The first kappa shape index (κ1) is 17.7. The van der Waals surface area contributed by atoms with Crippen LogP contribution in [0.4, 0.5) is 10.1 Å². The Labute approximate surface area is 143 Å². The van der Waals surface area contributed by atoms with Crippen LogP contribution in [0.5, 0.6) is 0 Å². The standard InChI is InChI=1S/C18H15ClFNO3/c1-12(18(23)21-16-4-2-3-14(19)11-16)24-17(22)10-7-13-5-8-15(20)9-6-13/h2-12H,1H3,(H,21,23)/b10-7+/t12-/m1/s1. The first-order valence-corrected chi connectivity index (χ1v) is 7.52. The van der Waals surface area contributed by atoms with Gasteiger partial charge < -0.3 is 10.1 Å². The van der Waals surface area contributed by atoms with Crippen LogP contribution in [-0.4, -0.2) is 18.0 Å². The van der Waals surface area contributed by atoms with Gasteiger partial charge in [0.25, 0.3) is 5.91 Å². The van der Waals surface area contributed by atoms with Crippen LogP contribution in [0.25, 0.3) is 6.08 Å². The van der Waals surface area contributed by atoms with E-state index in [0.717, 1.165) is 0 Å². The van der Waals surface area contributed by atoms with Crippen LogP contribution in [-0.2, 0) is 14.3 Å². The SMILES string of the molecule is C[C@@H](OC(=O)/C=C/c1ccc(F)cc1)C(=O)Nc1cccc(Cl)c1. The van der Waals surface area contributed by atoms with E-state index >= 15 is 0 Å². The zero-order valence-electron chi connectivity index (χ0n) is 12.8. The van der Waals surface area contributed by atoms with Gasteiger partial charge in [0.1, 0.15) is 5.82 Å². The Morgan fingerprint density at radius 3 is 2.58 bits per heavy atom. The van der Waals surface area contributed by atoms with E-state index < -0.39 is 18.0 Å². The van der Waals surface area contributed by atoms with E-state index in [1.165, 1.54) is 43.3 Å². The van der Waals surface area contributed by atoms with E-state index in [9.17, 15) is 14.0 Å². The molecule has 1 amide bonds. The largest absolute Gasteiger partial charge is 0.449 e. The Balaban J connectivity index is 1.88. The van der Waals surface area contributed by atoms with Crippen molar-refractivity contribution in [3.05, 3.63) is 71.0 Å². The smallest absolute Gasteiger partial charge is 0.331 e. The number of nitrogens with one attached hydrogen (secondary N) is 1. The molecule has 0 aromatic heterocycles. The summed E-state index contributed by atoms with van der Waals surface area (Å²) in [4.78, 5) is 23.7. The minimum Gasteiger partial charge on any atom is -0.449 e. The second kappa shape index (κ2) is 8.26. The minimum atomic E-state index is -0.977. The topological polar surface area (TPSA) is 55.4 Å². The van der Waals surface area contributed by atoms with Crippen LogP contribution in [0.2, 0.25) is 5.02 Å². The molecule has 24 heavy (non-hydrogen) atoms. The van der Waals surface area contributed by atoms with Crippen molar-refractivity contribution in [1.82, 2.24) is 0 Å². The fourth-order valence-electron chi connectivity index (χ4n) is 1.82. The highest BCUT2D eigenvalue weighted by atomic mass is 35.5. The number of anilines is 1. The lowest BCUT2D eigenvalue weighted by Crippen LogP contribution is -2.29. The van der Waals surface area contributed by atoms with Crippen LogP contribution >= 0.6 is 11.6 Å². The van der Waals surface area contributed by atoms with Gasteiger partial charge in [-0.15, -0.1) is 0 Å². The third-order valence-corrected chi connectivity index (χ3v) is 3.27. The van der Waals surface area contributed by atoms with Gasteiger partial charge in [0.05, 0.1) is 0 Å². The first-order chi connectivity index (χ1) is 11.4. The third-order valence-electron chi connectivity index (χ3n) is 3.04. The molecule has 0 aliphatic heterocycles. The van der Waals surface area contributed by atoms with Gasteiger partial charge in [-0.3, -0.25) is 4.79 Å². The predicted octanol–water partition coefficient (Wildman–Crippen LogP) is 4.06. The Kier molecular flexibility index (Phi) is 6.09. The molecule has 0 unspecified atom stereocenters. The lowest BCUT2D eigenvalue weighted by atomic mass is 10.2. The number of ether oxygens (including phenoxy) is 1. The van der Waals surface area contributed by atoms with Gasteiger partial charge in [0.2, 0.25) is 0 Å². The van der Waals surface area contributed by atoms with Crippen LogP contribution in [0.1, 0.15) is 12.5 Å². The number of halogens is 2. The maximum atomic E-state index is 12.8. The molecule has 124 valence electrons. The summed E-state index contributed by atoms with van der Waals surface area (Å²) in [6.07, 6.45) is 1.68. The fraction of sp³-hybridized carbons (Fsp3) is 0.111. The summed E-state index contributed by atoms with van der Waals surface area (Å²) < 4.78 is 17.8. The van der Waals surface area contributed by atoms with Gasteiger partial charge in [-0.05, 0) is 48.9 Å². The zero-order chi connectivity index (χ0) is 17.5. The Morgan fingerprint density at radius 2 is 1.92 bits per heavy atom. The molecule has 0 saturated carbocycles. The molecule has 0 bridgehead atoms. The number of benzene rings is 2. The first-order valence-electron chi connectivity index (χ1n) is 7.15. The van der Waals surface area contributed by atoms with Crippen molar-refractivity contribution in [2.75, 3.05) is 5.32 Å². The molecule has 0 aliphatic rings.